The van der Waals surface area contributed by atoms with E-state index in [1.165, 1.54) is 6.07 Å². The van der Waals surface area contributed by atoms with Crippen LogP contribution in [0.4, 0.5) is 0 Å². The van der Waals surface area contributed by atoms with Crippen LogP contribution in [0.25, 0.3) is 11.4 Å². The topological polar surface area (TPSA) is 43.6 Å². The van der Waals surface area contributed by atoms with E-state index in [1.54, 1.807) is 6.20 Å². The van der Waals surface area contributed by atoms with E-state index in [2.05, 4.69) is 22.0 Å². The largest absolute Gasteiger partial charge is 0.272 e. The molecule has 0 radical (unpaired) electrons. The van der Waals surface area contributed by atoms with Crippen LogP contribution in [0.1, 0.15) is 13.3 Å². The molecule has 2 aromatic rings. The molecule has 0 fully saturated rings. The second-order valence-electron chi connectivity index (χ2n) is 3.33. The van der Waals surface area contributed by atoms with Gasteiger partial charge in [-0.05, 0) is 6.42 Å². The zero-order valence-corrected chi connectivity index (χ0v) is 10.2. The Morgan fingerprint density at radius 1 is 1.25 bits per heavy atom. The first-order valence-electron chi connectivity index (χ1n) is 4.92. The van der Waals surface area contributed by atoms with Crippen LogP contribution >= 0.6 is 23.2 Å². The smallest absolute Gasteiger partial charge is 0.165 e. The monoisotopic (exact) mass is 256 g/mol. The zero-order chi connectivity index (χ0) is 11.5. The van der Waals surface area contributed by atoms with Crippen molar-refractivity contribution in [1.29, 1.82) is 0 Å². The molecule has 0 unspecified atom stereocenters. The van der Waals surface area contributed by atoms with E-state index in [4.69, 9.17) is 23.2 Å². The van der Waals surface area contributed by atoms with E-state index < -0.39 is 0 Å². The number of rotatable bonds is 3. The normalized spacial score (nSPS) is 10.7. The molecule has 84 valence electrons. The lowest BCUT2D eigenvalue weighted by atomic mass is 10.3. The van der Waals surface area contributed by atoms with Gasteiger partial charge in [-0.3, -0.25) is 4.68 Å². The molecule has 0 saturated carbocycles. The van der Waals surface area contributed by atoms with E-state index in [0.29, 0.717) is 16.1 Å². The van der Waals surface area contributed by atoms with Crippen molar-refractivity contribution in [3.8, 4) is 11.4 Å². The van der Waals surface area contributed by atoms with Gasteiger partial charge in [0.25, 0.3) is 0 Å². The summed E-state index contributed by atoms with van der Waals surface area (Å²) in [5.74, 6) is 0.500. The highest BCUT2D eigenvalue weighted by Gasteiger charge is 2.07. The fraction of sp³-hybridized carbons (Fsp3) is 0.300. The fourth-order valence-electron chi connectivity index (χ4n) is 1.35. The summed E-state index contributed by atoms with van der Waals surface area (Å²) in [6, 6.07) is 1.50. The van der Waals surface area contributed by atoms with Gasteiger partial charge in [-0.2, -0.15) is 5.10 Å². The molecule has 0 amide bonds. The van der Waals surface area contributed by atoms with Crippen LogP contribution in [-0.2, 0) is 6.54 Å². The molecule has 0 atom stereocenters. The Labute approximate surface area is 103 Å². The van der Waals surface area contributed by atoms with Crippen LogP contribution in [0, 0.1) is 0 Å². The summed E-state index contributed by atoms with van der Waals surface area (Å²) >= 11 is 11.6. The average Bonchev–Trinajstić information content (AvgIpc) is 2.65. The minimum Gasteiger partial charge on any atom is -0.272 e. The van der Waals surface area contributed by atoms with Crippen molar-refractivity contribution in [1.82, 2.24) is 19.7 Å². The van der Waals surface area contributed by atoms with Crippen molar-refractivity contribution in [3.63, 3.8) is 0 Å². The van der Waals surface area contributed by atoms with Gasteiger partial charge in [0.2, 0.25) is 0 Å². The molecule has 0 spiro atoms. The first-order valence-corrected chi connectivity index (χ1v) is 5.67. The number of nitrogens with zero attached hydrogens (tertiary/aromatic N) is 4. The Morgan fingerprint density at radius 2 is 1.94 bits per heavy atom. The van der Waals surface area contributed by atoms with Crippen LogP contribution in [0.5, 0.6) is 0 Å². The summed E-state index contributed by atoms with van der Waals surface area (Å²) in [4.78, 5) is 8.19. The quantitative estimate of drug-likeness (QED) is 0.793. The summed E-state index contributed by atoms with van der Waals surface area (Å²) in [7, 11) is 0. The molecule has 2 rings (SSSR count). The van der Waals surface area contributed by atoms with Crippen LogP contribution in [-0.4, -0.2) is 19.7 Å². The van der Waals surface area contributed by atoms with Gasteiger partial charge in [0, 0.05) is 18.8 Å². The lowest BCUT2D eigenvalue weighted by molar-refractivity contribution is 0.603. The lowest BCUT2D eigenvalue weighted by Crippen LogP contribution is -1.95. The Morgan fingerprint density at radius 3 is 2.56 bits per heavy atom. The second-order valence-corrected chi connectivity index (χ2v) is 4.10. The molecule has 2 aromatic heterocycles. The second kappa shape index (κ2) is 4.80. The summed E-state index contributed by atoms with van der Waals surface area (Å²) in [6.45, 7) is 2.96. The third-order valence-electron chi connectivity index (χ3n) is 2.01. The van der Waals surface area contributed by atoms with Crippen molar-refractivity contribution in [2.75, 3.05) is 0 Å². The van der Waals surface area contributed by atoms with Crippen LogP contribution in [0.2, 0.25) is 10.3 Å². The Bertz CT molecular complexity index is 475. The molecular weight excluding hydrogens is 247 g/mol. The van der Waals surface area contributed by atoms with E-state index in [1.807, 2.05) is 10.9 Å². The van der Waals surface area contributed by atoms with Gasteiger partial charge < -0.3 is 0 Å². The summed E-state index contributed by atoms with van der Waals surface area (Å²) in [5, 5.41) is 4.86. The van der Waals surface area contributed by atoms with Gasteiger partial charge in [0.05, 0.1) is 11.8 Å². The van der Waals surface area contributed by atoms with Crippen molar-refractivity contribution in [2.24, 2.45) is 0 Å². The Balaban J connectivity index is 2.34. The van der Waals surface area contributed by atoms with Crippen LogP contribution in [0.15, 0.2) is 18.5 Å². The lowest BCUT2D eigenvalue weighted by Gasteiger charge is -1.98. The molecule has 6 heteroatoms. The number of halogens is 2. The zero-order valence-electron chi connectivity index (χ0n) is 8.69. The molecule has 0 bridgehead atoms. The van der Waals surface area contributed by atoms with Crippen molar-refractivity contribution in [3.05, 3.63) is 28.8 Å². The highest BCUT2D eigenvalue weighted by Crippen LogP contribution is 2.19. The van der Waals surface area contributed by atoms with Crippen molar-refractivity contribution in [2.45, 2.75) is 19.9 Å². The molecular formula is C10H10Cl2N4. The minimum atomic E-state index is 0.332. The standard InChI is InChI=1S/C10H10Cl2N4/c1-2-3-16-6-7(5-13-16)10-14-8(11)4-9(12)15-10/h4-6H,2-3H2,1H3. The molecule has 0 aliphatic heterocycles. The maximum atomic E-state index is 5.81. The van der Waals surface area contributed by atoms with Gasteiger partial charge in [-0.25, -0.2) is 9.97 Å². The van der Waals surface area contributed by atoms with Crippen LogP contribution < -0.4 is 0 Å². The van der Waals surface area contributed by atoms with E-state index in [0.717, 1.165) is 18.5 Å². The first kappa shape index (κ1) is 11.4. The molecule has 0 N–H and O–H groups in total. The first-order chi connectivity index (χ1) is 7.69. The third-order valence-corrected chi connectivity index (χ3v) is 2.40. The summed E-state index contributed by atoms with van der Waals surface area (Å²) in [5.41, 5.74) is 0.817. The van der Waals surface area contributed by atoms with E-state index in [-0.39, 0.29) is 0 Å². The predicted molar refractivity (Wildman–Crippen MR) is 63.6 cm³/mol. The highest BCUT2D eigenvalue weighted by molar-refractivity contribution is 6.33. The van der Waals surface area contributed by atoms with E-state index >= 15 is 0 Å². The molecule has 16 heavy (non-hydrogen) atoms. The number of aryl methyl sites for hydroxylation is 1. The molecule has 2 heterocycles. The van der Waals surface area contributed by atoms with Gasteiger partial charge in [0.15, 0.2) is 5.82 Å². The number of aromatic nitrogens is 4. The molecule has 0 aromatic carbocycles. The van der Waals surface area contributed by atoms with Crippen molar-refractivity contribution >= 4 is 23.2 Å². The number of hydrogen-bond acceptors (Lipinski definition) is 3. The molecule has 0 saturated heterocycles. The maximum absolute atomic E-state index is 5.81. The van der Waals surface area contributed by atoms with Gasteiger partial charge in [-0.1, -0.05) is 30.1 Å². The third kappa shape index (κ3) is 2.51. The van der Waals surface area contributed by atoms with Crippen molar-refractivity contribution < 1.29 is 0 Å². The Kier molecular flexibility index (Phi) is 3.41. The fourth-order valence-corrected chi connectivity index (χ4v) is 1.77. The summed E-state index contributed by atoms with van der Waals surface area (Å²) in [6.07, 6.45) is 4.61. The van der Waals surface area contributed by atoms with Gasteiger partial charge >= 0.3 is 0 Å². The minimum absolute atomic E-state index is 0.332. The molecule has 0 aliphatic carbocycles. The Hall–Kier alpha value is -1.13. The SMILES string of the molecule is CCCn1cc(-c2nc(Cl)cc(Cl)n2)cn1. The number of hydrogen-bond donors (Lipinski definition) is 0. The van der Waals surface area contributed by atoms with Gasteiger partial charge in [-0.15, -0.1) is 0 Å². The predicted octanol–water partition coefficient (Wildman–Crippen LogP) is 3.06. The van der Waals surface area contributed by atoms with Gasteiger partial charge in [0.1, 0.15) is 10.3 Å². The van der Waals surface area contributed by atoms with Crippen LogP contribution in [0.3, 0.4) is 0 Å². The molecule has 0 aliphatic rings. The average molecular weight is 257 g/mol. The maximum Gasteiger partial charge on any atom is 0.165 e. The summed E-state index contributed by atoms with van der Waals surface area (Å²) < 4.78 is 1.84. The van der Waals surface area contributed by atoms with E-state index in [9.17, 15) is 0 Å². The molecule has 4 nitrogen and oxygen atoms in total. The highest BCUT2D eigenvalue weighted by atomic mass is 35.5.